The number of carbonyl (C=O) groups is 2. The zero-order valence-electron chi connectivity index (χ0n) is 17.0. The van der Waals surface area contributed by atoms with Crippen LogP contribution in [-0.4, -0.2) is 66.1 Å². The van der Waals surface area contributed by atoms with Gasteiger partial charge in [-0.05, 0) is 50.1 Å². The van der Waals surface area contributed by atoms with Crippen LogP contribution in [-0.2, 0) is 14.3 Å². The summed E-state index contributed by atoms with van der Waals surface area (Å²) in [6, 6.07) is 8.38. The number of hydrogen-bond acceptors (Lipinski definition) is 6. The Morgan fingerprint density at radius 2 is 1.83 bits per heavy atom. The number of piperazine rings is 1. The summed E-state index contributed by atoms with van der Waals surface area (Å²) in [6.07, 6.45) is 4.85. The van der Waals surface area contributed by atoms with Crippen molar-refractivity contribution in [3.05, 3.63) is 35.4 Å². The Labute approximate surface area is 172 Å². The second-order valence-corrected chi connectivity index (χ2v) is 7.01. The lowest BCUT2D eigenvalue weighted by atomic mass is 10.1. The minimum atomic E-state index is -0.255. The Kier molecular flexibility index (Phi) is 9.19. The zero-order valence-corrected chi connectivity index (χ0v) is 17.0. The SMILES string of the molecule is CCOC(=O)CCCCCN1CCN(C(=O)C(C#N)=Cc2ccc(O)cc2)CC1. The van der Waals surface area contributed by atoms with Gasteiger partial charge in [0, 0.05) is 32.6 Å². The Bertz CT molecular complexity index is 744. The highest BCUT2D eigenvalue weighted by Crippen LogP contribution is 2.15. The first kappa shape index (κ1) is 22.4. The van der Waals surface area contributed by atoms with E-state index in [-0.39, 0.29) is 23.2 Å². The van der Waals surface area contributed by atoms with Gasteiger partial charge in [-0.3, -0.25) is 14.5 Å². The van der Waals surface area contributed by atoms with Crippen LogP contribution in [0.4, 0.5) is 0 Å². The minimum absolute atomic E-state index is 0.100. The average Bonchev–Trinajstić information content (AvgIpc) is 2.73. The minimum Gasteiger partial charge on any atom is -0.508 e. The Morgan fingerprint density at radius 1 is 1.14 bits per heavy atom. The van der Waals surface area contributed by atoms with Gasteiger partial charge < -0.3 is 14.7 Å². The van der Waals surface area contributed by atoms with Gasteiger partial charge in [0.05, 0.1) is 6.61 Å². The molecule has 1 amide bonds. The second kappa shape index (κ2) is 11.9. The van der Waals surface area contributed by atoms with E-state index in [0.29, 0.717) is 31.7 Å². The molecule has 7 nitrogen and oxygen atoms in total. The molecule has 0 aliphatic carbocycles. The Balaban J connectivity index is 1.73. The van der Waals surface area contributed by atoms with E-state index in [4.69, 9.17) is 4.74 Å². The maximum absolute atomic E-state index is 12.6. The average molecular weight is 399 g/mol. The van der Waals surface area contributed by atoms with Crippen molar-refractivity contribution in [2.45, 2.75) is 32.6 Å². The van der Waals surface area contributed by atoms with Gasteiger partial charge in [-0.1, -0.05) is 18.6 Å². The maximum atomic E-state index is 12.6. The number of phenolic OH excluding ortho intramolecular Hbond substituents is 1. The summed E-state index contributed by atoms with van der Waals surface area (Å²) in [5.41, 5.74) is 0.803. The molecule has 1 aliphatic rings. The van der Waals surface area contributed by atoms with E-state index in [1.54, 1.807) is 23.1 Å². The molecular formula is C22H29N3O4. The fourth-order valence-electron chi connectivity index (χ4n) is 3.24. The molecule has 0 aromatic heterocycles. The number of hydrogen-bond donors (Lipinski definition) is 1. The van der Waals surface area contributed by atoms with E-state index >= 15 is 0 Å². The van der Waals surface area contributed by atoms with E-state index in [2.05, 4.69) is 4.90 Å². The molecule has 1 aliphatic heterocycles. The van der Waals surface area contributed by atoms with Crippen LogP contribution in [0.3, 0.4) is 0 Å². The molecule has 0 bridgehead atoms. The summed E-state index contributed by atoms with van der Waals surface area (Å²) in [5.74, 6) is -0.244. The third-order valence-electron chi connectivity index (χ3n) is 4.88. The second-order valence-electron chi connectivity index (χ2n) is 7.01. The molecule has 0 unspecified atom stereocenters. The summed E-state index contributed by atoms with van der Waals surface area (Å²) < 4.78 is 4.92. The third kappa shape index (κ3) is 7.59. The van der Waals surface area contributed by atoms with Crippen LogP contribution in [0.5, 0.6) is 5.75 Å². The molecule has 1 fully saturated rings. The van der Waals surface area contributed by atoms with Crippen molar-refractivity contribution in [3.8, 4) is 11.8 Å². The molecule has 1 saturated heterocycles. The Morgan fingerprint density at radius 3 is 2.45 bits per heavy atom. The predicted octanol–water partition coefficient (Wildman–Crippen LogP) is 2.57. The Hall–Kier alpha value is -2.85. The summed E-state index contributed by atoms with van der Waals surface area (Å²) >= 11 is 0. The van der Waals surface area contributed by atoms with Crippen LogP contribution < -0.4 is 0 Å². The van der Waals surface area contributed by atoms with Crippen molar-refractivity contribution >= 4 is 18.0 Å². The summed E-state index contributed by atoms with van der Waals surface area (Å²) in [4.78, 5) is 28.0. The number of benzene rings is 1. The van der Waals surface area contributed by atoms with Gasteiger partial charge in [0.1, 0.15) is 17.4 Å². The van der Waals surface area contributed by atoms with Gasteiger partial charge in [-0.25, -0.2) is 0 Å². The molecule has 1 heterocycles. The van der Waals surface area contributed by atoms with Crippen LogP contribution in [0.1, 0.15) is 38.2 Å². The first-order valence-electron chi connectivity index (χ1n) is 10.1. The standard InChI is InChI=1S/C22H29N3O4/c1-2-29-21(27)6-4-3-5-11-24-12-14-25(15-13-24)22(28)19(17-23)16-18-7-9-20(26)10-8-18/h7-10,16,26H,2-6,11-15H2,1H3. The summed E-state index contributed by atoms with van der Waals surface area (Å²) in [6.45, 7) is 5.93. The largest absolute Gasteiger partial charge is 0.508 e. The van der Waals surface area contributed by atoms with Crippen LogP contribution >= 0.6 is 0 Å². The lowest BCUT2D eigenvalue weighted by Crippen LogP contribution is -2.49. The van der Waals surface area contributed by atoms with Gasteiger partial charge in [0.25, 0.3) is 5.91 Å². The first-order chi connectivity index (χ1) is 14.0. The predicted molar refractivity (Wildman–Crippen MR) is 110 cm³/mol. The number of rotatable bonds is 9. The number of ether oxygens (including phenoxy) is 1. The number of nitrogens with zero attached hydrogens (tertiary/aromatic N) is 3. The van der Waals surface area contributed by atoms with E-state index in [9.17, 15) is 20.0 Å². The fraction of sp³-hybridized carbons (Fsp3) is 0.500. The number of unbranched alkanes of at least 4 members (excludes halogenated alkanes) is 2. The third-order valence-corrected chi connectivity index (χ3v) is 4.88. The quantitative estimate of drug-likeness (QED) is 0.297. The summed E-state index contributed by atoms with van der Waals surface area (Å²) in [5, 5.41) is 18.7. The molecule has 0 spiro atoms. The smallest absolute Gasteiger partial charge is 0.305 e. The van der Waals surface area contributed by atoms with Gasteiger partial charge >= 0.3 is 5.97 Å². The van der Waals surface area contributed by atoms with Gasteiger partial charge in [0.2, 0.25) is 0 Å². The zero-order chi connectivity index (χ0) is 21.1. The van der Waals surface area contributed by atoms with Crippen LogP contribution in [0, 0.1) is 11.3 Å². The number of amides is 1. The van der Waals surface area contributed by atoms with Crippen molar-refractivity contribution in [2.75, 3.05) is 39.3 Å². The highest BCUT2D eigenvalue weighted by atomic mass is 16.5. The molecular weight excluding hydrogens is 370 g/mol. The summed E-state index contributed by atoms with van der Waals surface area (Å²) in [7, 11) is 0. The van der Waals surface area contributed by atoms with E-state index < -0.39 is 0 Å². The van der Waals surface area contributed by atoms with Gasteiger partial charge in [-0.15, -0.1) is 0 Å². The molecule has 0 radical (unpaired) electrons. The number of phenols is 1. The molecule has 0 atom stereocenters. The topological polar surface area (TPSA) is 93.9 Å². The normalized spacial score (nSPS) is 15.0. The van der Waals surface area contributed by atoms with Crippen molar-refractivity contribution < 1.29 is 19.4 Å². The van der Waals surface area contributed by atoms with E-state index in [1.807, 2.05) is 13.0 Å². The molecule has 2 rings (SSSR count). The van der Waals surface area contributed by atoms with E-state index in [1.165, 1.54) is 12.1 Å². The number of aromatic hydroxyl groups is 1. The fourth-order valence-corrected chi connectivity index (χ4v) is 3.24. The lowest BCUT2D eigenvalue weighted by molar-refractivity contribution is -0.143. The molecule has 0 saturated carbocycles. The highest BCUT2D eigenvalue weighted by molar-refractivity contribution is 6.01. The highest BCUT2D eigenvalue weighted by Gasteiger charge is 2.23. The van der Waals surface area contributed by atoms with Crippen molar-refractivity contribution in [1.29, 1.82) is 5.26 Å². The van der Waals surface area contributed by atoms with E-state index in [0.717, 1.165) is 38.9 Å². The first-order valence-corrected chi connectivity index (χ1v) is 10.1. The number of nitriles is 1. The van der Waals surface area contributed by atoms with Gasteiger partial charge in [0.15, 0.2) is 0 Å². The van der Waals surface area contributed by atoms with Gasteiger partial charge in [-0.2, -0.15) is 5.26 Å². The molecule has 1 aromatic rings. The van der Waals surface area contributed by atoms with Crippen molar-refractivity contribution in [2.24, 2.45) is 0 Å². The van der Waals surface area contributed by atoms with Crippen LogP contribution in [0.15, 0.2) is 29.8 Å². The molecule has 156 valence electrons. The van der Waals surface area contributed by atoms with Crippen LogP contribution in [0.25, 0.3) is 6.08 Å². The molecule has 7 heteroatoms. The molecule has 1 N–H and O–H groups in total. The number of esters is 1. The number of carbonyl (C=O) groups excluding carboxylic acids is 2. The molecule has 29 heavy (non-hydrogen) atoms. The van der Waals surface area contributed by atoms with Crippen LogP contribution in [0.2, 0.25) is 0 Å². The van der Waals surface area contributed by atoms with Crippen molar-refractivity contribution in [3.63, 3.8) is 0 Å². The maximum Gasteiger partial charge on any atom is 0.305 e. The molecule has 1 aromatic carbocycles. The lowest BCUT2D eigenvalue weighted by Gasteiger charge is -2.34. The monoisotopic (exact) mass is 399 g/mol. The van der Waals surface area contributed by atoms with Crippen molar-refractivity contribution in [1.82, 2.24) is 9.80 Å².